The molecule has 0 spiro atoms. The molecule has 1 aliphatic carbocycles. The number of carboxylic acids is 1. The highest BCUT2D eigenvalue weighted by Gasteiger charge is 2.51. The van der Waals surface area contributed by atoms with Crippen LogP contribution in [0.3, 0.4) is 0 Å². The number of carbonyl (C=O) groups is 2. The van der Waals surface area contributed by atoms with Crippen molar-refractivity contribution in [2.24, 2.45) is 10.8 Å². The molecular weight excluding hydrogens is 194 g/mol. The quantitative estimate of drug-likeness (QED) is 0.696. The molecule has 0 bridgehead atoms. The van der Waals surface area contributed by atoms with E-state index in [1.54, 1.807) is 0 Å². The van der Waals surface area contributed by atoms with Crippen LogP contribution >= 0.6 is 0 Å². The Balaban J connectivity index is 2.56. The normalized spacial score (nSPS) is 19.1. The van der Waals surface area contributed by atoms with Crippen molar-refractivity contribution in [1.29, 1.82) is 0 Å². The molecule has 0 unspecified atom stereocenters. The number of hydrogen-bond acceptors (Lipinski definition) is 2. The topological polar surface area (TPSA) is 66.4 Å². The number of hydrogen-bond donors (Lipinski definition) is 2. The Hall–Kier alpha value is -1.06. The minimum atomic E-state index is -1.13. The summed E-state index contributed by atoms with van der Waals surface area (Å²) in [7, 11) is 0. The molecule has 4 heteroatoms. The number of aliphatic carboxylic acids is 1. The first kappa shape index (κ1) is 12.0. The average molecular weight is 213 g/mol. The van der Waals surface area contributed by atoms with Gasteiger partial charge in [-0.3, -0.25) is 9.59 Å². The highest BCUT2D eigenvalue weighted by molar-refractivity contribution is 6.02. The van der Waals surface area contributed by atoms with E-state index in [0.717, 1.165) is 6.42 Å². The van der Waals surface area contributed by atoms with Gasteiger partial charge in [0, 0.05) is 6.54 Å². The van der Waals surface area contributed by atoms with E-state index in [1.807, 2.05) is 20.8 Å². The van der Waals surface area contributed by atoms with Crippen molar-refractivity contribution < 1.29 is 14.7 Å². The maximum Gasteiger partial charge on any atom is 0.319 e. The van der Waals surface area contributed by atoms with Crippen LogP contribution in [0.15, 0.2) is 0 Å². The summed E-state index contributed by atoms with van der Waals surface area (Å²) >= 11 is 0. The molecular formula is C11H19NO3. The first-order chi connectivity index (χ1) is 6.78. The van der Waals surface area contributed by atoms with Crippen LogP contribution in [0.4, 0.5) is 0 Å². The lowest BCUT2D eigenvalue weighted by Gasteiger charge is -2.36. The zero-order chi connectivity index (χ0) is 11.7. The largest absolute Gasteiger partial charge is 0.480 e. The zero-order valence-electron chi connectivity index (χ0n) is 9.59. The third-order valence-corrected chi connectivity index (χ3v) is 2.83. The number of amides is 1. The Labute approximate surface area is 90.0 Å². The van der Waals surface area contributed by atoms with Crippen molar-refractivity contribution >= 4 is 11.9 Å². The highest BCUT2D eigenvalue weighted by atomic mass is 16.4. The molecule has 0 atom stereocenters. The molecule has 0 heterocycles. The Morgan fingerprint density at radius 2 is 1.87 bits per heavy atom. The Kier molecular flexibility index (Phi) is 3.07. The second-order valence-corrected chi connectivity index (χ2v) is 5.48. The lowest BCUT2D eigenvalue weighted by Crippen LogP contribution is -2.52. The van der Waals surface area contributed by atoms with Gasteiger partial charge in [0.15, 0.2) is 0 Å². The van der Waals surface area contributed by atoms with Crippen LogP contribution in [-0.4, -0.2) is 23.5 Å². The Morgan fingerprint density at radius 3 is 2.13 bits per heavy atom. The molecule has 1 rings (SSSR count). The van der Waals surface area contributed by atoms with Gasteiger partial charge in [-0.25, -0.2) is 0 Å². The summed E-state index contributed by atoms with van der Waals surface area (Å²) in [5.41, 5.74) is -1.15. The van der Waals surface area contributed by atoms with Gasteiger partial charge in [-0.15, -0.1) is 0 Å². The maximum atomic E-state index is 11.7. The minimum Gasteiger partial charge on any atom is -0.480 e. The van der Waals surface area contributed by atoms with Gasteiger partial charge in [-0.2, -0.15) is 0 Å². The van der Waals surface area contributed by atoms with Crippen molar-refractivity contribution in [2.75, 3.05) is 6.54 Å². The molecule has 0 radical (unpaired) electrons. The van der Waals surface area contributed by atoms with Crippen molar-refractivity contribution in [3.05, 3.63) is 0 Å². The standard InChI is InChI=1S/C11H19NO3/c1-10(2,3)7-12-8(13)11(9(14)15)5-4-6-11/h4-7H2,1-3H3,(H,12,13)(H,14,15). The van der Waals surface area contributed by atoms with E-state index in [4.69, 9.17) is 5.11 Å². The summed E-state index contributed by atoms with van der Waals surface area (Å²) in [6, 6.07) is 0. The average Bonchev–Trinajstić information content (AvgIpc) is 1.96. The number of carbonyl (C=O) groups excluding carboxylic acids is 1. The number of carboxylic acid groups (broad SMARTS) is 1. The van der Waals surface area contributed by atoms with Gasteiger partial charge < -0.3 is 10.4 Å². The Bertz CT molecular complexity index is 274. The maximum absolute atomic E-state index is 11.7. The molecule has 86 valence electrons. The lowest BCUT2D eigenvalue weighted by molar-refractivity contribution is -0.162. The predicted octanol–water partition coefficient (Wildman–Crippen LogP) is 1.40. The molecule has 0 aromatic heterocycles. The molecule has 0 aromatic rings. The first-order valence-electron chi connectivity index (χ1n) is 5.30. The third kappa shape index (κ3) is 2.49. The van der Waals surface area contributed by atoms with Crippen LogP contribution in [-0.2, 0) is 9.59 Å². The zero-order valence-corrected chi connectivity index (χ0v) is 9.59. The van der Waals surface area contributed by atoms with Gasteiger partial charge >= 0.3 is 5.97 Å². The molecule has 1 fully saturated rings. The van der Waals surface area contributed by atoms with E-state index in [1.165, 1.54) is 0 Å². The molecule has 0 saturated heterocycles. The summed E-state index contributed by atoms with van der Waals surface area (Å²) in [4.78, 5) is 22.8. The van der Waals surface area contributed by atoms with Gasteiger partial charge in [0.2, 0.25) is 5.91 Å². The fourth-order valence-corrected chi connectivity index (χ4v) is 1.58. The summed E-state index contributed by atoms with van der Waals surface area (Å²) in [6.07, 6.45) is 1.77. The van der Waals surface area contributed by atoms with Crippen LogP contribution in [0.1, 0.15) is 40.0 Å². The lowest BCUT2D eigenvalue weighted by atomic mass is 9.68. The molecule has 1 saturated carbocycles. The van der Waals surface area contributed by atoms with Gasteiger partial charge in [-0.1, -0.05) is 27.2 Å². The van der Waals surface area contributed by atoms with Crippen molar-refractivity contribution in [3.63, 3.8) is 0 Å². The van der Waals surface area contributed by atoms with E-state index in [2.05, 4.69) is 5.32 Å². The fraction of sp³-hybridized carbons (Fsp3) is 0.818. The molecule has 4 nitrogen and oxygen atoms in total. The summed E-state index contributed by atoms with van der Waals surface area (Å²) in [5.74, 6) is -1.31. The summed E-state index contributed by atoms with van der Waals surface area (Å²) in [5, 5.41) is 11.7. The fourth-order valence-electron chi connectivity index (χ4n) is 1.58. The number of nitrogens with one attached hydrogen (secondary N) is 1. The second-order valence-electron chi connectivity index (χ2n) is 5.48. The third-order valence-electron chi connectivity index (χ3n) is 2.83. The summed E-state index contributed by atoms with van der Waals surface area (Å²) in [6.45, 7) is 6.52. The second kappa shape index (κ2) is 3.83. The van der Waals surface area contributed by atoms with E-state index >= 15 is 0 Å². The smallest absolute Gasteiger partial charge is 0.319 e. The van der Waals surface area contributed by atoms with Gasteiger partial charge in [0.1, 0.15) is 5.41 Å². The van der Waals surface area contributed by atoms with Crippen molar-refractivity contribution in [1.82, 2.24) is 5.32 Å². The van der Waals surface area contributed by atoms with E-state index in [0.29, 0.717) is 19.4 Å². The predicted molar refractivity (Wildman–Crippen MR) is 56.4 cm³/mol. The van der Waals surface area contributed by atoms with Gasteiger partial charge in [0.05, 0.1) is 0 Å². The molecule has 1 amide bonds. The van der Waals surface area contributed by atoms with Crippen LogP contribution in [0, 0.1) is 10.8 Å². The van der Waals surface area contributed by atoms with Gasteiger partial charge in [-0.05, 0) is 18.3 Å². The monoisotopic (exact) mass is 213 g/mol. The van der Waals surface area contributed by atoms with E-state index in [9.17, 15) is 9.59 Å². The van der Waals surface area contributed by atoms with Gasteiger partial charge in [0.25, 0.3) is 0 Å². The number of rotatable bonds is 3. The summed E-state index contributed by atoms with van der Waals surface area (Å²) < 4.78 is 0. The van der Waals surface area contributed by atoms with Crippen molar-refractivity contribution in [2.45, 2.75) is 40.0 Å². The molecule has 0 aromatic carbocycles. The first-order valence-corrected chi connectivity index (χ1v) is 5.30. The molecule has 0 aliphatic heterocycles. The van der Waals surface area contributed by atoms with E-state index < -0.39 is 11.4 Å². The SMILES string of the molecule is CC(C)(C)CNC(=O)C1(C(=O)O)CCC1. The van der Waals surface area contributed by atoms with Crippen molar-refractivity contribution in [3.8, 4) is 0 Å². The van der Waals surface area contributed by atoms with E-state index in [-0.39, 0.29) is 11.3 Å². The van der Waals surface area contributed by atoms with Crippen LogP contribution in [0.5, 0.6) is 0 Å². The molecule has 15 heavy (non-hydrogen) atoms. The van der Waals surface area contributed by atoms with Crippen LogP contribution in [0.2, 0.25) is 0 Å². The molecule has 1 aliphatic rings. The van der Waals surface area contributed by atoms with Crippen LogP contribution in [0.25, 0.3) is 0 Å². The molecule has 2 N–H and O–H groups in total. The van der Waals surface area contributed by atoms with Crippen LogP contribution < -0.4 is 5.32 Å². The highest BCUT2D eigenvalue weighted by Crippen LogP contribution is 2.41. The Morgan fingerprint density at radius 1 is 1.33 bits per heavy atom. The minimum absolute atomic E-state index is 0.0148.